The fraction of sp³-hybridized carbons (Fsp3) is 0.571. The van der Waals surface area contributed by atoms with Gasteiger partial charge in [0.1, 0.15) is 6.04 Å². The van der Waals surface area contributed by atoms with Crippen LogP contribution in [0.3, 0.4) is 0 Å². The number of carbonyl (C=O) groups is 1. The summed E-state index contributed by atoms with van der Waals surface area (Å²) in [5.41, 5.74) is 4.03. The van der Waals surface area contributed by atoms with Crippen molar-refractivity contribution in [3.05, 3.63) is 35.5 Å². The maximum atomic E-state index is 12.4. The van der Waals surface area contributed by atoms with Gasteiger partial charge in [0.2, 0.25) is 0 Å². The molecule has 1 saturated carbocycles. The van der Waals surface area contributed by atoms with E-state index in [1.54, 1.807) is 4.90 Å². The molecule has 1 aliphatic carbocycles. The number of hydrogen-bond acceptors (Lipinski definition) is 3. The standard InChI is InChI=1S/C21H26N2O3/c1-26-21(25)19-15-10-17-20-14(13-4-2-3-5-16(13)22-20)8-9-23(17)11-12(15)6-7-18(19)24/h2-5,12,15,17-19,22,24H,6-11H2,1H3/p+1/t12-,15-,17+,18-,19-/m0/s1. The summed E-state index contributed by atoms with van der Waals surface area (Å²) in [5.74, 6) is 0.135. The van der Waals surface area contributed by atoms with E-state index in [2.05, 4.69) is 29.2 Å². The molecule has 3 heterocycles. The molecule has 0 bridgehead atoms. The Bertz CT molecular complexity index is 845. The van der Waals surface area contributed by atoms with Crippen LogP contribution in [-0.2, 0) is 16.0 Å². The van der Waals surface area contributed by atoms with E-state index in [1.807, 2.05) is 0 Å². The Morgan fingerprint density at radius 3 is 3.00 bits per heavy atom. The fourth-order valence-electron chi connectivity index (χ4n) is 6.01. The Balaban J connectivity index is 1.52. The fourth-order valence-corrected chi connectivity index (χ4v) is 6.01. The first-order valence-corrected chi connectivity index (χ1v) is 9.87. The average molecular weight is 355 g/mol. The van der Waals surface area contributed by atoms with Gasteiger partial charge in [-0.3, -0.25) is 4.79 Å². The highest BCUT2D eigenvalue weighted by molar-refractivity contribution is 5.85. The Morgan fingerprint density at radius 2 is 2.15 bits per heavy atom. The molecule has 2 fully saturated rings. The van der Waals surface area contributed by atoms with Crippen LogP contribution in [0.5, 0.6) is 0 Å². The molecule has 138 valence electrons. The van der Waals surface area contributed by atoms with Gasteiger partial charge in [-0.05, 0) is 30.4 Å². The van der Waals surface area contributed by atoms with E-state index in [4.69, 9.17) is 4.74 Å². The lowest BCUT2D eigenvalue weighted by Crippen LogP contribution is -3.15. The molecule has 1 aromatic carbocycles. The number of rotatable bonds is 1. The molecule has 5 rings (SSSR count). The summed E-state index contributed by atoms with van der Waals surface area (Å²) < 4.78 is 5.05. The number of carbonyl (C=O) groups excluding carboxylic acids is 1. The Hall–Kier alpha value is -1.85. The SMILES string of the molecule is COC(=O)[C@H]1[C@H]2C[C@@H]3c4[nH]c5ccccc5c4CC[NH+]3C[C@@H]2CC[C@@H]1O. The van der Waals surface area contributed by atoms with E-state index in [-0.39, 0.29) is 17.8 Å². The first-order chi connectivity index (χ1) is 12.7. The van der Waals surface area contributed by atoms with Crippen LogP contribution in [0.1, 0.15) is 36.6 Å². The highest BCUT2D eigenvalue weighted by Gasteiger charge is 2.51. The van der Waals surface area contributed by atoms with Crippen molar-refractivity contribution in [3.8, 4) is 0 Å². The third-order valence-corrected chi connectivity index (χ3v) is 7.20. The van der Waals surface area contributed by atoms with Crippen molar-refractivity contribution in [2.45, 2.75) is 37.8 Å². The van der Waals surface area contributed by atoms with Crippen molar-refractivity contribution < 1.29 is 19.5 Å². The summed E-state index contributed by atoms with van der Waals surface area (Å²) >= 11 is 0. The molecular weight excluding hydrogens is 328 g/mol. The molecule has 6 atom stereocenters. The lowest BCUT2D eigenvalue weighted by molar-refractivity contribution is -0.945. The minimum atomic E-state index is -0.559. The van der Waals surface area contributed by atoms with Crippen LogP contribution in [-0.4, -0.2) is 42.4 Å². The van der Waals surface area contributed by atoms with Gasteiger partial charge in [0.05, 0.1) is 37.9 Å². The van der Waals surface area contributed by atoms with Crippen molar-refractivity contribution in [3.63, 3.8) is 0 Å². The minimum absolute atomic E-state index is 0.220. The number of quaternary nitrogens is 1. The smallest absolute Gasteiger partial charge is 0.311 e. The second kappa shape index (κ2) is 6.10. The van der Waals surface area contributed by atoms with Crippen LogP contribution >= 0.6 is 0 Å². The number of aliphatic hydroxyl groups is 1. The van der Waals surface area contributed by atoms with Crippen LogP contribution in [0.25, 0.3) is 10.9 Å². The summed E-state index contributed by atoms with van der Waals surface area (Å²) in [6, 6.07) is 8.95. The number of aromatic nitrogens is 1. The summed E-state index contributed by atoms with van der Waals surface area (Å²) in [5, 5.41) is 11.8. The molecule has 3 N–H and O–H groups in total. The average Bonchev–Trinajstić information content (AvgIpc) is 3.05. The molecule has 1 unspecified atom stereocenters. The number of fused-ring (bicyclic) bond motifs is 6. The Morgan fingerprint density at radius 1 is 1.31 bits per heavy atom. The number of benzene rings is 1. The number of piperidine rings is 1. The third kappa shape index (κ3) is 2.33. The van der Waals surface area contributed by atoms with Gasteiger partial charge in [-0.1, -0.05) is 18.2 Å². The van der Waals surface area contributed by atoms with Gasteiger partial charge in [-0.2, -0.15) is 0 Å². The second-order valence-electron chi connectivity index (χ2n) is 8.33. The number of methoxy groups -OCH3 is 1. The number of para-hydroxylation sites is 1. The van der Waals surface area contributed by atoms with Gasteiger partial charge in [0.25, 0.3) is 0 Å². The van der Waals surface area contributed by atoms with Crippen molar-refractivity contribution in [1.82, 2.24) is 4.98 Å². The van der Waals surface area contributed by atoms with Gasteiger partial charge >= 0.3 is 5.97 Å². The number of nitrogens with one attached hydrogen (secondary N) is 2. The predicted octanol–water partition coefficient (Wildman–Crippen LogP) is 1.23. The van der Waals surface area contributed by atoms with Crippen LogP contribution < -0.4 is 4.90 Å². The van der Waals surface area contributed by atoms with Crippen LogP contribution in [0.15, 0.2) is 24.3 Å². The molecule has 5 heteroatoms. The normalized spacial score (nSPS) is 36.1. The zero-order chi connectivity index (χ0) is 17.8. The van der Waals surface area contributed by atoms with E-state index >= 15 is 0 Å². The van der Waals surface area contributed by atoms with E-state index < -0.39 is 6.10 Å². The van der Waals surface area contributed by atoms with Crippen molar-refractivity contribution >= 4 is 16.9 Å². The largest absolute Gasteiger partial charge is 0.469 e. The van der Waals surface area contributed by atoms with Gasteiger partial charge in [0, 0.05) is 29.7 Å². The molecule has 2 aromatic rings. The van der Waals surface area contributed by atoms with Gasteiger partial charge in [-0.15, -0.1) is 0 Å². The molecule has 1 saturated heterocycles. The molecule has 0 amide bonds. The van der Waals surface area contributed by atoms with Crippen LogP contribution in [0, 0.1) is 17.8 Å². The zero-order valence-electron chi connectivity index (χ0n) is 15.2. The first kappa shape index (κ1) is 16.3. The molecule has 0 radical (unpaired) electrons. The summed E-state index contributed by atoms with van der Waals surface area (Å²) in [6.45, 7) is 2.26. The molecular formula is C21H27N2O3+. The number of H-pyrrole nitrogens is 1. The lowest BCUT2D eigenvalue weighted by Gasteiger charge is -2.48. The van der Waals surface area contributed by atoms with Gasteiger partial charge in [-0.25, -0.2) is 0 Å². The maximum absolute atomic E-state index is 12.4. The summed E-state index contributed by atoms with van der Waals surface area (Å²) in [7, 11) is 1.44. The van der Waals surface area contributed by atoms with E-state index in [0.29, 0.717) is 12.0 Å². The molecule has 2 aliphatic heterocycles. The first-order valence-electron chi connectivity index (χ1n) is 9.87. The Kier molecular flexibility index (Phi) is 3.83. The minimum Gasteiger partial charge on any atom is -0.469 e. The third-order valence-electron chi connectivity index (χ3n) is 7.20. The van der Waals surface area contributed by atoms with E-state index in [0.717, 1.165) is 38.8 Å². The topological polar surface area (TPSA) is 66.8 Å². The number of aliphatic hydroxyl groups excluding tert-OH is 1. The quantitative estimate of drug-likeness (QED) is 0.674. The lowest BCUT2D eigenvalue weighted by atomic mass is 9.65. The van der Waals surface area contributed by atoms with Gasteiger partial charge < -0.3 is 19.7 Å². The molecule has 26 heavy (non-hydrogen) atoms. The number of hydrogen-bond donors (Lipinski definition) is 3. The molecule has 3 aliphatic rings. The Labute approximate surface area is 153 Å². The molecule has 1 aromatic heterocycles. The zero-order valence-corrected chi connectivity index (χ0v) is 15.2. The summed E-state index contributed by atoms with van der Waals surface area (Å²) in [4.78, 5) is 17.7. The van der Waals surface area contributed by atoms with Crippen LogP contribution in [0.4, 0.5) is 0 Å². The van der Waals surface area contributed by atoms with E-state index in [9.17, 15) is 9.90 Å². The molecule has 0 spiro atoms. The molecule has 5 nitrogen and oxygen atoms in total. The van der Waals surface area contributed by atoms with Crippen molar-refractivity contribution in [1.29, 1.82) is 0 Å². The number of esters is 1. The summed E-state index contributed by atoms with van der Waals surface area (Å²) in [6.07, 6.45) is 3.25. The number of aromatic amines is 1. The van der Waals surface area contributed by atoms with Crippen LogP contribution in [0.2, 0.25) is 0 Å². The maximum Gasteiger partial charge on any atom is 0.311 e. The predicted molar refractivity (Wildman–Crippen MR) is 97.8 cm³/mol. The van der Waals surface area contributed by atoms with Gasteiger partial charge in [0.15, 0.2) is 0 Å². The number of ether oxygens (including phenoxy) is 1. The monoisotopic (exact) mass is 355 g/mol. The second-order valence-corrected chi connectivity index (χ2v) is 8.33. The van der Waals surface area contributed by atoms with Crippen molar-refractivity contribution in [2.24, 2.45) is 17.8 Å². The highest BCUT2D eigenvalue weighted by atomic mass is 16.5. The van der Waals surface area contributed by atoms with E-state index in [1.165, 1.54) is 29.3 Å². The highest BCUT2D eigenvalue weighted by Crippen LogP contribution is 2.43. The van der Waals surface area contributed by atoms with Crippen molar-refractivity contribution in [2.75, 3.05) is 20.2 Å².